The van der Waals surface area contributed by atoms with Gasteiger partial charge in [0.2, 0.25) is 5.91 Å². The summed E-state index contributed by atoms with van der Waals surface area (Å²) >= 11 is 0. The number of carboxylic acid groups (broad SMARTS) is 3. The minimum Gasteiger partial charge on any atom is -0.481 e. The highest BCUT2D eigenvalue weighted by molar-refractivity contribution is 6.02. The van der Waals surface area contributed by atoms with Crippen LogP contribution in [0.4, 0.5) is 4.79 Å². The fourth-order valence-electron chi connectivity index (χ4n) is 4.72. The molecule has 0 unspecified atom stereocenters. The van der Waals surface area contributed by atoms with E-state index in [1.807, 2.05) is 48.5 Å². The molecule has 0 aliphatic carbocycles. The zero-order chi connectivity index (χ0) is 34.0. The molecule has 0 atom stereocenters. The lowest BCUT2D eigenvalue weighted by atomic mass is 9.97. The maximum Gasteiger partial charge on any atom is 0.407 e. The predicted octanol–water partition coefficient (Wildman–Crippen LogP) is 3.63. The summed E-state index contributed by atoms with van der Waals surface area (Å²) in [5, 5.41) is 33.4. The number of aliphatic carboxylic acids is 3. The smallest absolute Gasteiger partial charge is 0.407 e. The SMILES string of the molecule is O=C(O)CCOCC(COCCC(=O)O)N(COCCC(=O)O)C(=O)CCCNC(=O)OCc1c2ccccc2cc2ccccc12. The average Bonchev–Trinajstić information content (AvgIpc) is 3.04. The number of ether oxygens (including phenoxy) is 4. The molecular formula is C33H40N2O12. The van der Waals surface area contributed by atoms with E-state index in [1.54, 1.807) is 0 Å². The fourth-order valence-corrected chi connectivity index (χ4v) is 4.72. The highest BCUT2D eigenvalue weighted by atomic mass is 16.5. The van der Waals surface area contributed by atoms with Gasteiger partial charge in [0, 0.05) is 18.5 Å². The van der Waals surface area contributed by atoms with Gasteiger partial charge in [0.1, 0.15) is 13.3 Å². The van der Waals surface area contributed by atoms with Gasteiger partial charge >= 0.3 is 24.0 Å². The Labute approximate surface area is 271 Å². The van der Waals surface area contributed by atoms with Crippen LogP contribution in [0.25, 0.3) is 21.5 Å². The third kappa shape index (κ3) is 12.9. The maximum atomic E-state index is 13.3. The second kappa shape index (κ2) is 19.7. The summed E-state index contributed by atoms with van der Waals surface area (Å²) in [6.45, 7) is -0.875. The first-order valence-electron chi connectivity index (χ1n) is 15.1. The monoisotopic (exact) mass is 656 g/mol. The van der Waals surface area contributed by atoms with Gasteiger partial charge in [-0.1, -0.05) is 48.5 Å². The van der Waals surface area contributed by atoms with Gasteiger partial charge in [0.15, 0.2) is 0 Å². The second-order valence-corrected chi connectivity index (χ2v) is 10.5. The van der Waals surface area contributed by atoms with Crippen molar-refractivity contribution in [1.29, 1.82) is 0 Å². The number of carbonyl (C=O) groups excluding carboxylic acids is 2. The Hall–Kier alpha value is -4.79. The minimum absolute atomic E-state index is 0.0412. The molecule has 2 amide bonds. The van der Waals surface area contributed by atoms with E-state index in [0.717, 1.165) is 27.1 Å². The van der Waals surface area contributed by atoms with Crippen LogP contribution in [0.1, 0.15) is 37.7 Å². The topological polar surface area (TPSA) is 198 Å². The van der Waals surface area contributed by atoms with Crippen LogP contribution in [0.5, 0.6) is 0 Å². The first kappa shape index (κ1) is 36.7. The number of amides is 2. The van der Waals surface area contributed by atoms with Gasteiger partial charge in [-0.05, 0) is 34.0 Å². The lowest BCUT2D eigenvalue weighted by Gasteiger charge is -2.31. The zero-order valence-electron chi connectivity index (χ0n) is 25.9. The molecule has 0 saturated heterocycles. The zero-order valence-corrected chi connectivity index (χ0v) is 25.9. The van der Waals surface area contributed by atoms with E-state index in [1.165, 1.54) is 4.90 Å². The quantitative estimate of drug-likeness (QED) is 0.0697. The Morgan fingerprint density at radius 1 is 0.702 bits per heavy atom. The standard InChI is InChI=1S/C33H40N2O12/c36-29(35(22-46-17-13-32(41)42)25(19-44-15-11-30(37)38)20-45-16-12-31(39)40)10-5-14-34-33(43)47-21-28-26-8-3-1-6-23(26)18-24-7-2-4-9-27(24)28/h1-4,6-9,18,25H,5,10-17,19-22H2,(H,34,43)(H,37,38)(H,39,40)(H,41,42). The second-order valence-electron chi connectivity index (χ2n) is 10.5. The molecule has 0 aliphatic rings. The summed E-state index contributed by atoms with van der Waals surface area (Å²) in [6, 6.07) is 17.0. The highest BCUT2D eigenvalue weighted by Crippen LogP contribution is 2.29. The van der Waals surface area contributed by atoms with Crippen molar-refractivity contribution in [2.24, 2.45) is 0 Å². The van der Waals surface area contributed by atoms with Crippen LogP contribution in [-0.2, 0) is 44.7 Å². The molecule has 0 aliphatic heterocycles. The average molecular weight is 657 g/mol. The van der Waals surface area contributed by atoms with Gasteiger partial charge in [0.05, 0.1) is 58.3 Å². The molecule has 47 heavy (non-hydrogen) atoms. The molecule has 14 heteroatoms. The molecule has 0 spiro atoms. The number of nitrogens with one attached hydrogen (secondary N) is 1. The van der Waals surface area contributed by atoms with Crippen molar-refractivity contribution in [3.63, 3.8) is 0 Å². The van der Waals surface area contributed by atoms with Crippen LogP contribution in [-0.4, -0.2) is 102 Å². The van der Waals surface area contributed by atoms with E-state index in [2.05, 4.69) is 11.4 Å². The third-order valence-electron chi connectivity index (χ3n) is 7.06. The largest absolute Gasteiger partial charge is 0.481 e. The van der Waals surface area contributed by atoms with Crippen molar-refractivity contribution in [2.45, 2.75) is 44.8 Å². The lowest BCUT2D eigenvalue weighted by Crippen LogP contribution is -2.47. The molecule has 14 nitrogen and oxygen atoms in total. The van der Waals surface area contributed by atoms with Gasteiger partial charge in [0.25, 0.3) is 0 Å². The Bertz CT molecular complexity index is 1440. The van der Waals surface area contributed by atoms with Crippen LogP contribution < -0.4 is 5.32 Å². The van der Waals surface area contributed by atoms with E-state index >= 15 is 0 Å². The molecule has 0 radical (unpaired) electrons. The third-order valence-corrected chi connectivity index (χ3v) is 7.06. The van der Waals surface area contributed by atoms with Crippen LogP contribution >= 0.6 is 0 Å². The number of hydrogen-bond donors (Lipinski definition) is 4. The van der Waals surface area contributed by atoms with E-state index in [4.69, 9.17) is 34.3 Å². The van der Waals surface area contributed by atoms with Gasteiger partial charge in [-0.2, -0.15) is 0 Å². The van der Waals surface area contributed by atoms with E-state index < -0.39 is 36.0 Å². The Kier molecular flexibility index (Phi) is 15.3. The molecular weight excluding hydrogens is 616 g/mol. The number of nitrogens with zero attached hydrogens (tertiary/aromatic N) is 1. The number of carboxylic acids is 3. The number of benzene rings is 3. The Balaban J connectivity index is 1.57. The van der Waals surface area contributed by atoms with Crippen LogP contribution in [0.15, 0.2) is 54.6 Å². The maximum absolute atomic E-state index is 13.3. The molecule has 3 aromatic carbocycles. The summed E-state index contributed by atoms with van der Waals surface area (Å²) in [4.78, 5) is 59.8. The molecule has 3 aromatic rings. The fraction of sp³-hybridized carbons (Fsp3) is 0.424. The summed E-state index contributed by atoms with van der Waals surface area (Å²) in [5.41, 5.74) is 0.879. The Morgan fingerprint density at radius 3 is 1.74 bits per heavy atom. The summed E-state index contributed by atoms with van der Waals surface area (Å²) in [7, 11) is 0. The van der Waals surface area contributed by atoms with E-state index in [-0.39, 0.29) is 85.0 Å². The number of hydrogen-bond acceptors (Lipinski definition) is 9. The number of alkyl carbamates (subject to hydrolysis) is 1. The van der Waals surface area contributed by atoms with Crippen molar-refractivity contribution < 1.29 is 58.2 Å². The number of carbonyl (C=O) groups is 5. The molecule has 254 valence electrons. The van der Waals surface area contributed by atoms with Crippen molar-refractivity contribution in [1.82, 2.24) is 10.2 Å². The highest BCUT2D eigenvalue weighted by Gasteiger charge is 2.25. The number of rotatable bonds is 22. The molecule has 0 bridgehead atoms. The molecule has 0 saturated carbocycles. The number of fused-ring (bicyclic) bond motifs is 2. The van der Waals surface area contributed by atoms with Crippen molar-refractivity contribution >= 4 is 51.5 Å². The van der Waals surface area contributed by atoms with Gasteiger partial charge in [-0.25, -0.2) is 4.79 Å². The van der Waals surface area contributed by atoms with Gasteiger partial charge in [-0.15, -0.1) is 0 Å². The van der Waals surface area contributed by atoms with E-state index in [9.17, 15) is 24.0 Å². The Morgan fingerprint density at radius 2 is 1.21 bits per heavy atom. The lowest BCUT2D eigenvalue weighted by molar-refractivity contribution is -0.148. The summed E-state index contributed by atoms with van der Waals surface area (Å²) in [6.07, 6.45) is -1.31. The summed E-state index contributed by atoms with van der Waals surface area (Å²) in [5.74, 6) is -3.65. The van der Waals surface area contributed by atoms with Gasteiger partial charge in [-0.3, -0.25) is 19.2 Å². The van der Waals surface area contributed by atoms with Crippen LogP contribution in [0.3, 0.4) is 0 Å². The molecule has 0 heterocycles. The first-order valence-corrected chi connectivity index (χ1v) is 15.1. The summed E-state index contributed by atoms with van der Waals surface area (Å²) < 4.78 is 21.8. The van der Waals surface area contributed by atoms with Crippen LogP contribution in [0, 0.1) is 0 Å². The predicted molar refractivity (Wildman–Crippen MR) is 169 cm³/mol. The molecule has 3 rings (SSSR count). The van der Waals surface area contributed by atoms with Crippen molar-refractivity contribution in [3.05, 3.63) is 60.2 Å². The molecule has 0 fully saturated rings. The molecule has 4 N–H and O–H groups in total. The first-order chi connectivity index (χ1) is 22.7. The van der Waals surface area contributed by atoms with Crippen molar-refractivity contribution in [3.8, 4) is 0 Å². The normalized spacial score (nSPS) is 11.1. The van der Waals surface area contributed by atoms with Gasteiger partial charge < -0.3 is 44.5 Å². The van der Waals surface area contributed by atoms with Crippen molar-refractivity contribution in [2.75, 3.05) is 46.3 Å². The van der Waals surface area contributed by atoms with E-state index in [0.29, 0.717) is 0 Å². The minimum atomic E-state index is -1.08. The van der Waals surface area contributed by atoms with Crippen LogP contribution in [0.2, 0.25) is 0 Å². The molecule has 0 aromatic heterocycles.